The van der Waals surface area contributed by atoms with E-state index in [2.05, 4.69) is 15.3 Å². The molecule has 0 unspecified atom stereocenters. The van der Waals surface area contributed by atoms with E-state index >= 15 is 0 Å². The van der Waals surface area contributed by atoms with Crippen LogP contribution in [-0.2, 0) is 21.9 Å². The van der Waals surface area contributed by atoms with E-state index < -0.39 is 15.9 Å². The first kappa shape index (κ1) is 16.7. The van der Waals surface area contributed by atoms with E-state index in [1.165, 1.54) is 26.5 Å². The summed E-state index contributed by atoms with van der Waals surface area (Å²) in [7, 11) is -1.84. The molecule has 0 aromatic carbocycles. The Balaban J connectivity index is 1.62. The molecule has 2 aliphatic rings. The monoisotopic (exact) mass is 381 g/mol. The number of hydrogen-bond donors (Lipinski definition) is 1. The minimum Gasteiger partial charge on any atom is -0.353 e. The molecule has 4 rings (SSSR count). The average molecular weight is 381 g/mol. The van der Waals surface area contributed by atoms with Crippen molar-refractivity contribution in [1.82, 2.24) is 24.2 Å². The molecule has 10 heteroatoms. The summed E-state index contributed by atoms with van der Waals surface area (Å²) in [5, 5.41) is 4.56. The van der Waals surface area contributed by atoms with Crippen molar-refractivity contribution in [2.75, 3.05) is 13.1 Å². The van der Waals surface area contributed by atoms with Crippen LogP contribution in [0.25, 0.3) is 0 Å². The van der Waals surface area contributed by atoms with Crippen molar-refractivity contribution in [2.24, 2.45) is 13.0 Å². The van der Waals surface area contributed by atoms with Gasteiger partial charge in [-0.3, -0.25) is 4.79 Å². The van der Waals surface area contributed by atoms with Crippen LogP contribution < -0.4 is 5.32 Å². The first-order valence-corrected chi connectivity index (χ1v) is 10.5. The highest BCUT2D eigenvalue weighted by atomic mass is 32.2. The molecule has 1 saturated heterocycles. The number of nitrogens with zero attached hydrogens (tertiary/aromatic N) is 4. The van der Waals surface area contributed by atoms with Crippen molar-refractivity contribution in [3.8, 4) is 0 Å². The summed E-state index contributed by atoms with van der Waals surface area (Å²) in [5.74, 6) is -0.786. The second-order valence-corrected chi connectivity index (χ2v) is 9.21. The zero-order valence-corrected chi connectivity index (χ0v) is 15.3. The lowest BCUT2D eigenvalue weighted by atomic mass is 9.92. The normalized spacial score (nSPS) is 24.5. The zero-order chi connectivity index (χ0) is 17.6. The van der Waals surface area contributed by atoms with Gasteiger partial charge in [0.05, 0.1) is 23.4 Å². The Morgan fingerprint density at radius 2 is 2.12 bits per heavy atom. The Kier molecular flexibility index (Phi) is 4.13. The first-order valence-electron chi connectivity index (χ1n) is 8.11. The Bertz CT molecular complexity index is 873. The van der Waals surface area contributed by atoms with Gasteiger partial charge in [0, 0.05) is 43.7 Å². The van der Waals surface area contributed by atoms with Gasteiger partial charge >= 0.3 is 0 Å². The molecule has 2 fully saturated rings. The number of rotatable bonds is 5. The number of imidazole rings is 1. The molecule has 25 heavy (non-hydrogen) atoms. The van der Waals surface area contributed by atoms with Gasteiger partial charge in [0.2, 0.25) is 5.91 Å². The fourth-order valence-corrected chi connectivity index (χ4v) is 5.45. The van der Waals surface area contributed by atoms with Gasteiger partial charge in [-0.1, -0.05) is 0 Å². The van der Waals surface area contributed by atoms with E-state index in [4.69, 9.17) is 0 Å². The third-order valence-corrected chi connectivity index (χ3v) is 7.13. The Morgan fingerprint density at radius 1 is 1.32 bits per heavy atom. The maximum absolute atomic E-state index is 12.8. The fraction of sp³-hybridized carbons (Fsp3) is 0.533. The molecule has 3 heterocycles. The van der Waals surface area contributed by atoms with E-state index in [9.17, 15) is 13.2 Å². The molecule has 2 aromatic rings. The van der Waals surface area contributed by atoms with Gasteiger partial charge in [-0.15, -0.1) is 11.3 Å². The number of amides is 1. The summed E-state index contributed by atoms with van der Waals surface area (Å²) in [6.45, 7) is 0.388. The van der Waals surface area contributed by atoms with Crippen LogP contribution in [0.4, 0.5) is 0 Å². The number of hydrogen-bond acceptors (Lipinski definition) is 6. The third kappa shape index (κ3) is 3.21. The van der Waals surface area contributed by atoms with Gasteiger partial charge in [0.1, 0.15) is 0 Å². The number of aryl methyl sites for hydroxylation is 1. The molecule has 1 aliphatic carbocycles. The zero-order valence-electron chi connectivity index (χ0n) is 13.7. The molecule has 0 spiro atoms. The smallest absolute Gasteiger partial charge is 0.261 e. The van der Waals surface area contributed by atoms with Crippen LogP contribution in [0.3, 0.4) is 0 Å². The molecule has 134 valence electrons. The molecule has 1 N–H and O–H groups in total. The molecular weight excluding hydrogens is 362 g/mol. The largest absolute Gasteiger partial charge is 0.353 e. The van der Waals surface area contributed by atoms with E-state index in [0.717, 1.165) is 18.5 Å². The van der Waals surface area contributed by atoms with Crippen molar-refractivity contribution in [3.63, 3.8) is 0 Å². The summed E-state index contributed by atoms with van der Waals surface area (Å²) in [6.07, 6.45) is 5.50. The van der Waals surface area contributed by atoms with Gasteiger partial charge in [-0.25, -0.2) is 18.4 Å². The highest BCUT2D eigenvalue weighted by Crippen LogP contribution is 2.35. The maximum Gasteiger partial charge on any atom is 0.261 e. The van der Waals surface area contributed by atoms with Crippen LogP contribution in [0, 0.1) is 5.92 Å². The number of carbonyl (C=O) groups is 1. The van der Waals surface area contributed by atoms with Crippen LogP contribution in [0.2, 0.25) is 0 Å². The van der Waals surface area contributed by atoms with Crippen LogP contribution in [0.1, 0.15) is 24.5 Å². The van der Waals surface area contributed by atoms with Gasteiger partial charge in [0.25, 0.3) is 10.0 Å². The van der Waals surface area contributed by atoms with Crippen molar-refractivity contribution >= 4 is 27.3 Å². The molecule has 2 atom stereocenters. The number of thiazole rings is 1. The van der Waals surface area contributed by atoms with Crippen LogP contribution in [0.5, 0.6) is 0 Å². The Hall–Kier alpha value is -1.78. The summed E-state index contributed by atoms with van der Waals surface area (Å²) in [6, 6.07) is 0.237. The highest BCUT2D eigenvalue weighted by molar-refractivity contribution is 7.89. The lowest BCUT2D eigenvalue weighted by Gasteiger charge is -2.16. The van der Waals surface area contributed by atoms with Gasteiger partial charge in [-0.2, -0.15) is 4.31 Å². The number of nitrogens with one attached hydrogen (secondary N) is 1. The molecule has 8 nitrogen and oxygen atoms in total. The number of sulfonamides is 1. The maximum atomic E-state index is 12.8. The predicted molar refractivity (Wildman–Crippen MR) is 91.5 cm³/mol. The fourth-order valence-electron chi connectivity index (χ4n) is 3.15. The molecule has 1 saturated carbocycles. The predicted octanol–water partition coefficient (Wildman–Crippen LogP) is 0.560. The Morgan fingerprint density at radius 3 is 2.72 bits per heavy atom. The van der Waals surface area contributed by atoms with Crippen LogP contribution >= 0.6 is 11.3 Å². The second-order valence-electron chi connectivity index (χ2n) is 6.61. The molecule has 1 amide bonds. The van der Waals surface area contributed by atoms with Crippen molar-refractivity contribution < 1.29 is 13.2 Å². The SMILES string of the molecule is Cn1cnc([C@@H]2CN(S(=O)(=O)c3cscn3)C[C@H]2C(=O)NC2CC2)c1. The van der Waals surface area contributed by atoms with E-state index in [1.807, 2.05) is 17.8 Å². The lowest BCUT2D eigenvalue weighted by Crippen LogP contribution is -2.36. The lowest BCUT2D eigenvalue weighted by molar-refractivity contribution is -0.125. The average Bonchev–Trinajstić information content (AvgIpc) is 3.04. The van der Waals surface area contributed by atoms with Gasteiger partial charge in [-0.05, 0) is 12.8 Å². The Labute approximate surface area is 149 Å². The number of carbonyl (C=O) groups excluding carboxylic acids is 1. The first-order chi connectivity index (χ1) is 11.9. The van der Waals surface area contributed by atoms with E-state index in [-0.39, 0.29) is 36.0 Å². The molecule has 0 bridgehead atoms. The van der Waals surface area contributed by atoms with Gasteiger partial charge in [0.15, 0.2) is 5.03 Å². The van der Waals surface area contributed by atoms with Crippen LogP contribution in [-0.4, -0.2) is 52.3 Å². The highest BCUT2D eigenvalue weighted by Gasteiger charge is 2.45. The molecule has 1 aliphatic heterocycles. The number of aromatic nitrogens is 3. The van der Waals surface area contributed by atoms with E-state index in [0.29, 0.717) is 0 Å². The minimum absolute atomic E-state index is 0.0421. The van der Waals surface area contributed by atoms with Crippen molar-refractivity contribution in [2.45, 2.75) is 29.8 Å². The van der Waals surface area contributed by atoms with Gasteiger partial charge < -0.3 is 9.88 Å². The van der Waals surface area contributed by atoms with E-state index in [1.54, 1.807) is 6.33 Å². The summed E-state index contributed by atoms with van der Waals surface area (Å²) >= 11 is 1.24. The molecule has 0 radical (unpaired) electrons. The quantitative estimate of drug-likeness (QED) is 0.816. The standard InChI is InChI=1S/C15H19N5O3S2/c1-19-6-13(16-8-19)11-4-20(25(22,23)14-7-24-9-17-14)5-12(11)15(21)18-10-2-3-10/h6-12H,2-5H2,1H3,(H,18,21)/t11-,12-/m1/s1. The summed E-state index contributed by atoms with van der Waals surface area (Å²) < 4.78 is 28.8. The summed E-state index contributed by atoms with van der Waals surface area (Å²) in [4.78, 5) is 20.9. The minimum atomic E-state index is -3.69. The topological polar surface area (TPSA) is 97.2 Å². The molecule has 2 aromatic heterocycles. The van der Waals surface area contributed by atoms with Crippen LogP contribution in [0.15, 0.2) is 28.4 Å². The van der Waals surface area contributed by atoms with Crippen molar-refractivity contribution in [1.29, 1.82) is 0 Å². The van der Waals surface area contributed by atoms with Crippen molar-refractivity contribution in [3.05, 3.63) is 29.1 Å². The summed E-state index contributed by atoms with van der Waals surface area (Å²) in [5.41, 5.74) is 2.24. The second kappa shape index (κ2) is 6.19. The third-order valence-electron chi connectivity index (χ3n) is 4.67. The molecular formula is C15H19N5O3S2.